The van der Waals surface area contributed by atoms with Crippen LogP contribution < -0.4 is 10.6 Å². The predicted molar refractivity (Wildman–Crippen MR) is 73.5 cm³/mol. The van der Waals surface area contributed by atoms with Crippen LogP contribution in [0.1, 0.15) is 45.4 Å². The summed E-state index contributed by atoms with van der Waals surface area (Å²) in [6.45, 7) is 5.29. The summed E-state index contributed by atoms with van der Waals surface area (Å²) in [5, 5.41) is 6.72. The molecule has 2 aliphatic heterocycles. The molecular weight excluding hydrogens is 226 g/mol. The lowest BCUT2D eigenvalue weighted by Crippen LogP contribution is -2.58. The standard InChI is InChI=1S/C14H27N3O/c1-3-7-14(8-5-9-15-14)13(18)16-12-6-4-10-17(2)11-12/h12,15H,3-11H2,1-2H3,(H,16,18). The van der Waals surface area contributed by atoms with Gasteiger partial charge in [-0.05, 0) is 52.2 Å². The van der Waals surface area contributed by atoms with E-state index < -0.39 is 0 Å². The number of carbonyl (C=O) groups excluding carboxylic acids is 1. The summed E-state index contributed by atoms with van der Waals surface area (Å²) >= 11 is 0. The normalized spacial score (nSPS) is 33.6. The fourth-order valence-corrected chi connectivity index (χ4v) is 3.36. The Morgan fingerprint density at radius 2 is 2.33 bits per heavy atom. The number of likely N-dealkylation sites (N-methyl/N-ethyl adjacent to an activating group) is 1. The molecule has 0 aromatic rings. The highest BCUT2D eigenvalue weighted by molar-refractivity contribution is 5.87. The van der Waals surface area contributed by atoms with Crippen LogP contribution in [-0.2, 0) is 4.79 Å². The van der Waals surface area contributed by atoms with Crippen molar-refractivity contribution in [1.82, 2.24) is 15.5 Å². The minimum absolute atomic E-state index is 0.238. The SMILES string of the molecule is CCCC1(C(=O)NC2CCCN(C)C2)CCCN1. The number of nitrogens with zero attached hydrogens (tertiary/aromatic N) is 1. The number of hydrogen-bond donors (Lipinski definition) is 2. The Labute approximate surface area is 110 Å². The van der Waals surface area contributed by atoms with E-state index >= 15 is 0 Å². The molecule has 2 saturated heterocycles. The second kappa shape index (κ2) is 6.02. The third-order valence-corrected chi connectivity index (χ3v) is 4.31. The first-order valence-corrected chi connectivity index (χ1v) is 7.41. The van der Waals surface area contributed by atoms with E-state index in [1.807, 2.05) is 0 Å². The first-order valence-electron chi connectivity index (χ1n) is 7.41. The van der Waals surface area contributed by atoms with Gasteiger partial charge in [0.15, 0.2) is 0 Å². The highest BCUT2D eigenvalue weighted by atomic mass is 16.2. The van der Waals surface area contributed by atoms with Crippen molar-refractivity contribution in [3.63, 3.8) is 0 Å². The molecule has 4 nitrogen and oxygen atoms in total. The van der Waals surface area contributed by atoms with E-state index in [9.17, 15) is 4.79 Å². The molecule has 0 spiro atoms. The van der Waals surface area contributed by atoms with Crippen molar-refractivity contribution < 1.29 is 4.79 Å². The zero-order valence-corrected chi connectivity index (χ0v) is 11.8. The van der Waals surface area contributed by atoms with Gasteiger partial charge in [0.05, 0.1) is 5.54 Å². The van der Waals surface area contributed by atoms with Crippen molar-refractivity contribution in [2.24, 2.45) is 0 Å². The number of piperidine rings is 1. The van der Waals surface area contributed by atoms with Gasteiger partial charge in [-0.3, -0.25) is 4.79 Å². The monoisotopic (exact) mass is 253 g/mol. The molecule has 104 valence electrons. The quantitative estimate of drug-likeness (QED) is 0.789. The van der Waals surface area contributed by atoms with Crippen LogP contribution in [-0.4, -0.2) is 49.1 Å². The molecule has 2 aliphatic rings. The molecule has 18 heavy (non-hydrogen) atoms. The molecule has 0 aliphatic carbocycles. The summed E-state index contributed by atoms with van der Waals surface area (Å²) in [6, 6.07) is 0.340. The van der Waals surface area contributed by atoms with Crippen LogP contribution in [0.15, 0.2) is 0 Å². The van der Waals surface area contributed by atoms with Gasteiger partial charge < -0.3 is 15.5 Å². The molecule has 0 saturated carbocycles. The smallest absolute Gasteiger partial charge is 0.240 e. The number of hydrogen-bond acceptors (Lipinski definition) is 3. The van der Waals surface area contributed by atoms with Crippen LogP contribution in [0.25, 0.3) is 0 Å². The van der Waals surface area contributed by atoms with Gasteiger partial charge in [0.2, 0.25) is 5.91 Å². The maximum absolute atomic E-state index is 12.5. The lowest BCUT2D eigenvalue weighted by atomic mass is 9.90. The van der Waals surface area contributed by atoms with Crippen LogP contribution in [0, 0.1) is 0 Å². The molecule has 2 rings (SSSR count). The summed E-state index contributed by atoms with van der Waals surface area (Å²) in [6.07, 6.45) is 6.45. The van der Waals surface area contributed by atoms with Crippen molar-refractivity contribution in [2.75, 3.05) is 26.7 Å². The van der Waals surface area contributed by atoms with Gasteiger partial charge in [0.1, 0.15) is 0 Å². The van der Waals surface area contributed by atoms with Crippen molar-refractivity contribution >= 4 is 5.91 Å². The van der Waals surface area contributed by atoms with Crippen molar-refractivity contribution in [2.45, 2.75) is 57.0 Å². The molecule has 0 aromatic heterocycles. The van der Waals surface area contributed by atoms with E-state index in [1.165, 1.54) is 6.42 Å². The average Bonchev–Trinajstić information content (AvgIpc) is 2.79. The molecule has 2 heterocycles. The van der Waals surface area contributed by atoms with Crippen molar-refractivity contribution in [3.8, 4) is 0 Å². The Hall–Kier alpha value is -0.610. The minimum atomic E-state index is -0.273. The van der Waals surface area contributed by atoms with E-state index in [4.69, 9.17) is 0 Å². The largest absolute Gasteiger partial charge is 0.350 e. The molecule has 1 amide bonds. The molecule has 4 heteroatoms. The van der Waals surface area contributed by atoms with E-state index in [0.717, 1.165) is 51.7 Å². The number of carbonyl (C=O) groups is 1. The fraction of sp³-hybridized carbons (Fsp3) is 0.929. The van der Waals surface area contributed by atoms with Crippen LogP contribution in [0.2, 0.25) is 0 Å². The summed E-state index contributed by atoms with van der Waals surface area (Å²) in [5.74, 6) is 0.238. The van der Waals surface area contributed by atoms with Crippen LogP contribution in [0.4, 0.5) is 0 Å². The Kier molecular flexibility index (Phi) is 4.62. The maximum atomic E-state index is 12.5. The van der Waals surface area contributed by atoms with E-state index in [-0.39, 0.29) is 11.4 Å². The molecule has 2 fully saturated rings. The third-order valence-electron chi connectivity index (χ3n) is 4.31. The van der Waals surface area contributed by atoms with E-state index in [2.05, 4.69) is 29.5 Å². The first-order chi connectivity index (χ1) is 8.66. The van der Waals surface area contributed by atoms with Gasteiger partial charge in [-0.2, -0.15) is 0 Å². The Morgan fingerprint density at radius 3 is 2.94 bits per heavy atom. The third kappa shape index (κ3) is 3.04. The lowest BCUT2D eigenvalue weighted by molar-refractivity contribution is -0.128. The molecule has 2 atom stereocenters. The molecule has 2 N–H and O–H groups in total. The summed E-state index contributed by atoms with van der Waals surface area (Å²) in [4.78, 5) is 14.8. The predicted octanol–water partition coefficient (Wildman–Crippen LogP) is 1.12. The van der Waals surface area contributed by atoms with Gasteiger partial charge in [-0.1, -0.05) is 13.3 Å². The Balaban J connectivity index is 1.92. The van der Waals surface area contributed by atoms with Crippen LogP contribution >= 0.6 is 0 Å². The maximum Gasteiger partial charge on any atom is 0.240 e. The van der Waals surface area contributed by atoms with Crippen LogP contribution in [0.3, 0.4) is 0 Å². The molecule has 0 aromatic carbocycles. The van der Waals surface area contributed by atoms with Gasteiger partial charge in [-0.25, -0.2) is 0 Å². The van der Waals surface area contributed by atoms with Crippen molar-refractivity contribution in [1.29, 1.82) is 0 Å². The number of likely N-dealkylation sites (tertiary alicyclic amines) is 1. The van der Waals surface area contributed by atoms with E-state index in [0.29, 0.717) is 6.04 Å². The van der Waals surface area contributed by atoms with E-state index in [1.54, 1.807) is 0 Å². The Morgan fingerprint density at radius 1 is 1.50 bits per heavy atom. The topological polar surface area (TPSA) is 44.4 Å². The molecule has 0 radical (unpaired) electrons. The summed E-state index contributed by atoms with van der Waals surface area (Å²) in [7, 11) is 2.13. The van der Waals surface area contributed by atoms with Gasteiger partial charge in [0.25, 0.3) is 0 Å². The van der Waals surface area contributed by atoms with Gasteiger partial charge in [-0.15, -0.1) is 0 Å². The second-order valence-electron chi connectivity index (χ2n) is 5.94. The Bertz CT molecular complexity index is 287. The lowest BCUT2D eigenvalue weighted by Gasteiger charge is -2.34. The number of rotatable bonds is 4. The zero-order valence-electron chi connectivity index (χ0n) is 11.8. The summed E-state index contributed by atoms with van der Waals surface area (Å²) in [5.41, 5.74) is -0.273. The number of nitrogens with one attached hydrogen (secondary N) is 2. The molecular formula is C14H27N3O. The molecule has 2 unspecified atom stereocenters. The first kappa shape index (κ1) is 13.8. The highest BCUT2D eigenvalue weighted by Gasteiger charge is 2.40. The molecule has 0 bridgehead atoms. The van der Waals surface area contributed by atoms with Gasteiger partial charge >= 0.3 is 0 Å². The highest BCUT2D eigenvalue weighted by Crippen LogP contribution is 2.25. The van der Waals surface area contributed by atoms with Crippen molar-refractivity contribution in [3.05, 3.63) is 0 Å². The zero-order chi connectivity index (χ0) is 13.0. The fourth-order valence-electron chi connectivity index (χ4n) is 3.36. The summed E-state index contributed by atoms with van der Waals surface area (Å²) < 4.78 is 0. The average molecular weight is 253 g/mol. The number of amides is 1. The van der Waals surface area contributed by atoms with Crippen LogP contribution in [0.5, 0.6) is 0 Å². The van der Waals surface area contributed by atoms with Gasteiger partial charge in [0, 0.05) is 12.6 Å². The second-order valence-corrected chi connectivity index (χ2v) is 5.94. The minimum Gasteiger partial charge on any atom is -0.350 e.